The summed E-state index contributed by atoms with van der Waals surface area (Å²) < 4.78 is 0. The van der Waals surface area contributed by atoms with Crippen LogP contribution in [-0.4, -0.2) is 11.0 Å². The van der Waals surface area contributed by atoms with E-state index in [9.17, 15) is 9.90 Å². The lowest BCUT2D eigenvalue weighted by Crippen LogP contribution is -2.12. The lowest BCUT2D eigenvalue weighted by Gasteiger charge is -2.08. The van der Waals surface area contributed by atoms with Crippen molar-refractivity contribution in [1.29, 1.82) is 0 Å². The van der Waals surface area contributed by atoms with E-state index in [4.69, 9.17) is 11.6 Å². The van der Waals surface area contributed by atoms with Gasteiger partial charge in [0.15, 0.2) is 0 Å². The summed E-state index contributed by atoms with van der Waals surface area (Å²) in [5.74, 6) is -0.255. The van der Waals surface area contributed by atoms with Gasteiger partial charge in [0.2, 0.25) is 0 Å². The molecule has 0 bridgehead atoms. The molecule has 2 aromatic rings. The molecule has 0 aliphatic rings. The summed E-state index contributed by atoms with van der Waals surface area (Å²) in [5, 5.41) is 12.5. The van der Waals surface area contributed by atoms with Crippen molar-refractivity contribution in [2.24, 2.45) is 0 Å². The first-order chi connectivity index (χ1) is 8.56. The first-order valence-corrected chi connectivity index (χ1v) is 5.80. The largest absolute Gasteiger partial charge is 0.508 e. The van der Waals surface area contributed by atoms with Gasteiger partial charge in [-0.25, -0.2) is 0 Å². The van der Waals surface area contributed by atoms with E-state index >= 15 is 0 Å². The number of anilines is 1. The van der Waals surface area contributed by atoms with Crippen LogP contribution >= 0.6 is 11.6 Å². The van der Waals surface area contributed by atoms with Crippen molar-refractivity contribution in [2.45, 2.75) is 6.92 Å². The third-order valence-electron chi connectivity index (χ3n) is 2.48. The van der Waals surface area contributed by atoms with Crippen LogP contribution in [0, 0.1) is 6.92 Å². The minimum absolute atomic E-state index is 0.0534. The van der Waals surface area contributed by atoms with E-state index in [1.165, 1.54) is 12.1 Å². The van der Waals surface area contributed by atoms with Crippen LogP contribution in [0.15, 0.2) is 42.5 Å². The molecule has 0 aliphatic heterocycles. The Morgan fingerprint density at radius 2 is 2.00 bits per heavy atom. The van der Waals surface area contributed by atoms with Crippen molar-refractivity contribution < 1.29 is 9.90 Å². The highest BCUT2D eigenvalue weighted by Crippen LogP contribution is 2.23. The number of amides is 1. The van der Waals surface area contributed by atoms with Gasteiger partial charge in [-0.15, -0.1) is 0 Å². The van der Waals surface area contributed by atoms with Gasteiger partial charge < -0.3 is 10.4 Å². The molecule has 0 aromatic heterocycles. The van der Waals surface area contributed by atoms with E-state index < -0.39 is 0 Å². The van der Waals surface area contributed by atoms with Crippen molar-refractivity contribution in [3.05, 3.63) is 58.6 Å². The van der Waals surface area contributed by atoms with E-state index in [1.54, 1.807) is 24.3 Å². The van der Waals surface area contributed by atoms with Gasteiger partial charge in [-0.05, 0) is 42.8 Å². The summed E-state index contributed by atoms with van der Waals surface area (Å²) in [7, 11) is 0. The third kappa shape index (κ3) is 2.81. The van der Waals surface area contributed by atoms with Gasteiger partial charge in [0.05, 0.1) is 10.7 Å². The molecule has 0 heterocycles. The molecule has 0 radical (unpaired) electrons. The zero-order chi connectivity index (χ0) is 13.1. The maximum Gasteiger partial charge on any atom is 0.255 e. The number of phenolic OH excluding ortho intramolecular Hbond substituents is 1. The molecule has 2 rings (SSSR count). The summed E-state index contributed by atoms with van der Waals surface area (Å²) in [6.07, 6.45) is 0. The van der Waals surface area contributed by atoms with Crippen LogP contribution in [0.3, 0.4) is 0 Å². The van der Waals surface area contributed by atoms with Crippen molar-refractivity contribution in [1.82, 2.24) is 0 Å². The molecule has 0 aliphatic carbocycles. The number of rotatable bonds is 2. The standard InChI is InChI=1S/C14H12ClNO2/c1-9-5-6-13(12(15)7-9)16-14(18)10-3-2-4-11(17)8-10/h2-8,17H,1H3,(H,16,18). The number of benzene rings is 2. The number of hydrogen-bond donors (Lipinski definition) is 2. The molecule has 0 saturated carbocycles. The van der Waals surface area contributed by atoms with Gasteiger partial charge >= 0.3 is 0 Å². The highest BCUT2D eigenvalue weighted by atomic mass is 35.5. The monoisotopic (exact) mass is 261 g/mol. The van der Waals surface area contributed by atoms with Crippen LogP contribution in [0.2, 0.25) is 5.02 Å². The second-order valence-electron chi connectivity index (χ2n) is 3.99. The molecule has 0 spiro atoms. The normalized spacial score (nSPS) is 10.1. The SMILES string of the molecule is Cc1ccc(NC(=O)c2cccc(O)c2)c(Cl)c1. The number of carbonyl (C=O) groups excluding carboxylic acids is 1. The summed E-state index contributed by atoms with van der Waals surface area (Å²) in [5.41, 5.74) is 1.96. The Morgan fingerprint density at radius 1 is 1.22 bits per heavy atom. The van der Waals surface area contributed by atoms with Crippen LogP contribution in [0.25, 0.3) is 0 Å². The van der Waals surface area contributed by atoms with Crippen LogP contribution in [0.1, 0.15) is 15.9 Å². The molecule has 0 unspecified atom stereocenters. The van der Waals surface area contributed by atoms with E-state index in [2.05, 4.69) is 5.32 Å². The van der Waals surface area contributed by atoms with Crippen LogP contribution in [0.4, 0.5) is 5.69 Å². The molecule has 2 aromatic carbocycles. The predicted molar refractivity (Wildman–Crippen MR) is 72.2 cm³/mol. The number of aryl methyl sites for hydroxylation is 1. The Hall–Kier alpha value is -2.00. The Bertz CT molecular complexity index is 596. The van der Waals surface area contributed by atoms with Gasteiger partial charge in [0.1, 0.15) is 5.75 Å². The first kappa shape index (κ1) is 12.5. The zero-order valence-corrected chi connectivity index (χ0v) is 10.5. The first-order valence-electron chi connectivity index (χ1n) is 5.43. The predicted octanol–water partition coefficient (Wildman–Crippen LogP) is 3.61. The molecule has 1 amide bonds. The Kier molecular flexibility index (Phi) is 3.53. The van der Waals surface area contributed by atoms with Crippen molar-refractivity contribution >= 4 is 23.2 Å². The van der Waals surface area contributed by atoms with Crippen molar-refractivity contribution in [2.75, 3.05) is 5.32 Å². The average Bonchev–Trinajstić information content (AvgIpc) is 2.32. The fourth-order valence-corrected chi connectivity index (χ4v) is 1.85. The summed E-state index contributed by atoms with van der Waals surface area (Å²) in [4.78, 5) is 11.9. The second-order valence-corrected chi connectivity index (χ2v) is 4.39. The number of halogens is 1. The number of aromatic hydroxyl groups is 1. The van der Waals surface area contributed by atoms with Gasteiger partial charge in [-0.2, -0.15) is 0 Å². The maximum atomic E-state index is 11.9. The average molecular weight is 262 g/mol. The van der Waals surface area contributed by atoms with E-state index in [-0.39, 0.29) is 11.7 Å². The smallest absolute Gasteiger partial charge is 0.255 e. The number of nitrogens with one attached hydrogen (secondary N) is 1. The molecule has 3 nitrogen and oxygen atoms in total. The Labute approximate surface area is 110 Å². The van der Waals surface area contributed by atoms with E-state index in [0.717, 1.165) is 5.56 Å². The fourth-order valence-electron chi connectivity index (χ4n) is 1.56. The highest BCUT2D eigenvalue weighted by molar-refractivity contribution is 6.34. The minimum Gasteiger partial charge on any atom is -0.508 e. The Balaban J connectivity index is 2.21. The zero-order valence-electron chi connectivity index (χ0n) is 9.77. The van der Waals surface area contributed by atoms with Crippen molar-refractivity contribution in [3.63, 3.8) is 0 Å². The molecule has 92 valence electrons. The second kappa shape index (κ2) is 5.10. The lowest BCUT2D eigenvalue weighted by atomic mass is 10.2. The molecular formula is C14H12ClNO2. The minimum atomic E-state index is -0.309. The Morgan fingerprint density at radius 3 is 2.67 bits per heavy atom. The van der Waals surface area contributed by atoms with Gasteiger partial charge in [0, 0.05) is 5.56 Å². The van der Waals surface area contributed by atoms with Crippen LogP contribution in [-0.2, 0) is 0 Å². The number of carbonyl (C=O) groups is 1. The van der Waals surface area contributed by atoms with Gasteiger partial charge in [-0.1, -0.05) is 23.7 Å². The highest BCUT2D eigenvalue weighted by Gasteiger charge is 2.08. The molecule has 0 atom stereocenters. The number of hydrogen-bond acceptors (Lipinski definition) is 2. The molecule has 18 heavy (non-hydrogen) atoms. The van der Waals surface area contributed by atoms with Gasteiger partial charge in [-0.3, -0.25) is 4.79 Å². The summed E-state index contributed by atoms with van der Waals surface area (Å²) in [6, 6.07) is 11.5. The number of phenols is 1. The van der Waals surface area contributed by atoms with Gasteiger partial charge in [0.25, 0.3) is 5.91 Å². The topological polar surface area (TPSA) is 49.3 Å². The van der Waals surface area contributed by atoms with Crippen LogP contribution in [0.5, 0.6) is 5.75 Å². The quantitative estimate of drug-likeness (QED) is 0.868. The third-order valence-corrected chi connectivity index (χ3v) is 2.79. The van der Waals surface area contributed by atoms with Crippen molar-refractivity contribution in [3.8, 4) is 5.75 Å². The maximum absolute atomic E-state index is 11.9. The lowest BCUT2D eigenvalue weighted by molar-refractivity contribution is 0.102. The molecule has 0 saturated heterocycles. The summed E-state index contributed by atoms with van der Waals surface area (Å²) >= 11 is 6.03. The molecule has 0 fully saturated rings. The van der Waals surface area contributed by atoms with E-state index in [0.29, 0.717) is 16.3 Å². The van der Waals surface area contributed by atoms with Crippen LogP contribution < -0.4 is 5.32 Å². The van der Waals surface area contributed by atoms with E-state index in [1.807, 2.05) is 13.0 Å². The summed E-state index contributed by atoms with van der Waals surface area (Å²) in [6.45, 7) is 1.92. The molecule has 4 heteroatoms. The fraction of sp³-hybridized carbons (Fsp3) is 0.0714. The molecular weight excluding hydrogens is 250 g/mol. The molecule has 2 N–H and O–H groups in total.